The van der Waals surface area contributed by atoms with Gasteiger partial charge in [-0.25, -0.2) is 8.42 Å². The highest BCUT2D eigenvalue weighted by molar-refractivity contribution is 7.90. The van der Waals surface area contributed by atoms with Crippen molar-refractivity contribution in [2.45, 2.75) is 39.3 Å². The van der Waals surface area contributed by atoms with Crippen molar-refractivity contribution in [2.75, 3.05) is 37.6 Å². The number of hydrogen-bond donors (Lipinski definition) is 0. The fourth-order valence-electron chi connectivity index (χ4n) is 3.82. The molecule has 2 heterocycles. The van der Waals surface area contributed by atoms with Gasteiger partial charge < -0.3 is 14.5 Å². The molecule has 0 aliphatic carbocycles. The number of carbonyl (C=O) groups is 2. The number of benzene rings is 1. The zero-order valence-corrected chi connectivity index (χ0v) is 20.0. The summed E-state index contributed by atoms with van der Waals surface area (Å²) < 4.78 is 30.6. The number of amides is 2. The molecule has 1 atom stereocenters. The highest BCUT2D eigenvalue weighted by Gasteiger charge is 2.30. The number of hydrogen-bond acceptors (Lipinski definition) is 6. The summed E-state index contributed by atoms with van der Waals surface area (Å²) >= 11 is 0. The summed E-state index contributed by atoms with van der Waals surface area (Å²) in [6.07, 6.45) is 6.10. The van der Waals surface area contributed by atoms with Crippen LogP contribution in [0.15, 0.2) is 24.5 Å². The third kappa shape index (κ3) is 5.29. The molecule has 0 N–H and O–H groups in total. The summed E-state index contributed by atoms with van der Waals surface area (Å²) in [6.45, 7) is 3.67. The van der Waals surface area contributed by atoms with Crippen molar-refractivity contribution in [1.82, 2.24) is 14.7 Å². The van der Waals surface area contributed by atoms with E-state index in [1.54, 1.807) is 43.0 Å². The Hall–Kier alpha value is -2.88. The van der Waals surface area contributed by atoms with E-state index >= 15 is 0 Å². The maximum absolute atomic E-state index is 12.3. The van der Waals surface area contributed by atoms with E-state index in [4.69, 9.17) is 4.74 Å². The molecule has 2 aromatic rings. The Morgan fingerprint density at radius 3 is 2.62 bits per heavy atom. The van der Waals surface area contributed by atoms with E-state index in [1.807, 2.05) is 19.1 Å². The van der Waals surface area contributed by atoms with Gasteiger partial charge in [0.1, 0.15) is 15.6 Å². The number of anilines is 1. The fourth-order valence-corrected chi connectivity index (χ4v) is 4.34. The van der Waals surface area contributed by atoms with E-state index in [1.165, 1.54) is 11.2 Å². The van der Waals surface area contributed by atoms with E-state index in [-0.39, 0.29) is 36.8 Å². The van der Waals surface area contributed by atoms with Crippen LogP contribution < -0.4 is 9.64 Å². The van der Waals surface area contributed by atoms with Crippen LogP contribution in [0.25, 0.3) is 11.1 Å². The van der Waals surface area contributed by atoms with Gasteiger partial charge in [-0.3, -0.25) is 14.3 Å². The van der Waals surface area contributed by atoms with Crippen molar-refractivity contribution >= 4 is 27.3 Å². The predicted molar refractivity (Wildman–Crippen MR) is 123 cm³/mol. The van der Waals surface area contributed by atoms with E-state index in [2.05, 4.69) is 5.10 Å². The van der Waals surface area contributed by atoms with E-state index in [0.29, 0.717) is 12.2 Å². The van der Waals surface area contributed by atoms with Gasteiger partial charge in [0.05, 0.1) is 24.2 Å². The van der Waals surface area contributed by atoms with E-state index < -0.39 is 9.84 Å². The maximum atomic E-state index is 12.3. The molecular weight excluding hydrogens is 432 g/mol. The first-order valence-corrected chi connectivity index (χ1v) is 12.5. The summed E-state index contributed by atoms with van der Waals surface area (Å²) in [5.41, 5.74) is 3.17. The van der Waals surface area contributed by atoms with Gasteiger partial charge in [0.25, 0.3) is 5.91 Å². The summed E-state index contributed by atoms with van der Waals surface area (Å²) in [5, 5.41) is 4.28. The van der Waals surface area contributed by atoms with Crippen molar-refractivity contribution in [1.29, 1.82) is 0 Å². The smallest absolute Gasteiger partial charge is 0.259 e. The number of carbonyl (C=O) groups excluding carboxylic acids is 2. The second-order valence-corrected chi connectivity index (χ2v) is 10.7. The topological polar surface area (TPSA) is 102 Å². The first kappa shape index (κ1) is 23.8. The van der Waals surface area contributed by atoms with Gasteiger partial charge in [-0.05, 0) is 31.9 Å². The van der Waals surface area contributed by atoms with Crippen LogP contribution in [0, 0.1) is 0 Å². The number of sulfone groups is 1. The van der Waals surface area contributed by atoms with Crippen LogP contribution in [0.1, 0.15) is 25.8 Å². The van der Waals surface area contributed by atoms with Gasteiger partial charge in [-0.15, -0.1) is 0 Å². The van der Waals surface area contributed by atoms with Gasteiger partial charge in [0.2, 0.25) is 5.91 Å². The van der Waals surface area contributed by atoms with Crippen LogP contribution in [0.3, 0.4) is 0 Å². The Balaban J connectivity index is 2.03. The third-order valence-corrected chi connectivity index (χ3v) is 6.49. The molecule has 0 saturated carbocycles. The summed E-state index contributed by atoms with van der Waals surface area (Å²) in [7, 11) is 0.221. The van der Waals surface area contributed by atoms with Crippen LogP contribution in [0.4, 0.5) is 5.69 Å². The van der Waals surface area contributed by atoms with Crippen molar-refractivity contribution < 1.29 is 22.7 Å². The van der Waals surface area contributed by atoms with Crippen LogP contribution in [0.5, 0.6) is 5.75 Å². The number of aryl methyl sites for hydroxylation is 1. The van der Waals surface area contributed by atoms with Crippen LogP contribution in [-0.4, -0.2) is 73.7 Å². The first-order valence-electron chi connectivity index (χ1n) is 10.5. The Labute approximate surface area is 188 Å². The molecule has 1 aliphatic heterocycles. The van der Waals surface area contributed by atoms with E-state index in [9.17, 15) is 18.0 Å². The molecule has 1 aliphatic rings. The molecule has 0 bridgehead atoms. The molecule has 32 heavy (non-hydrogen) atoms. The standard InChI is InChI=1S/C22H30N4O5S/c1-15-6-7-19-20(26(15)16(2)27)9-8-18(22(19)31-14-21(28)24(3)4)17-12-23-25(13-17)10-11-32(5,29)30/h8-9,12-13,15H,6-7,10-11,14H2,1-5H3. The molecule has 2 amide bonds. The van der Waals surface area contributed by atoms with Gasteiger partial charge in [-0.1, -0.05) is 0 Å². The van der Waals surface area contributed by atoms with Gasteiger partial charge in [-0.2, -0.15) is 5.10 Å². The minimum absolute atomic E-state index is 0.00946. The lowest BCUT2D eigenvalue weighted by atomic mass is 9.92. The van der Waals surface area contributed by atoms with Crippen LogP contribution in [0.2, 0.25) is 0 Å². The normalized spacial score (nSPS) is 15.9. The molecule has 10 heteroatoms. The van der Waals surface area contributed by atoms with Gasteiger partial charge in [0.15, 0.2) is 6.61 Å². The Morgan fingerprint density at radius 1 is 1.28 bits per heavy atom. The van der Waals surface area contributed by atoms with Gasteiger partial charge in [0, 0.05) is 56.2 Å². The Morgan fingerprint density at radius 2 is 2.00 bits per heavy atom. The SMILES string of the molecule is CC(=O)N1c2ccc(-c3cnn(CCS(C)(=O)=O)c3)c(OCC(=O)N(C)C)c2CCC1C. The number of ether oxygens (including phenoxy) is 1. The number of rotatable bonds is 7. The zero-order chi connectivity index (χ0) is 23.6. The van der Waals surface area contributed by atoms with Crippen LogP contribution in [-0.2, 0) is 32.4 Å². The third-order valence-electron chi connectivity index (χ3n) is 5.56. The molecule has 1 unspecified atom stereocenters. The van der Waals surface area contributed by atoms with Crippen molar-refractivity contribution in [2.24, 2.45) is 0 Å². The minimum atomic E-state index is -3.11. The number of likely N-dealkylation sites (N-methyl/N-ethyl adjacent to an activating group) is 1. The highest BCUT2D eigenvalue weighted by Crippen LogP contribution is 2.43. The predicted octanol–water partition coefficient (Wildman–Crippen LogP) is 1.75. The van der Waals surface area contributed by atoms with E-state index in [0.717, 1.165) is 28.8 Å². The lowest BCUT2D eigenvalue weighted by molar-refractivity contribution is -0.130. The molecule has 3 rings (SSSR count). The Bertz CT molecular complexity index is 1120. The average molecular weight is 463 g/mol. The van der Waals surface area contributed by atoms with Gasteiger partial charge >= 0.3 is 0 Å². The molecule has 1 aromatic carbocycles. The van der Waals surface area contributed by atoms with Crippen LogP contribution >= 0.6 is 0 Å². The molecular formula is C22H30N4O5S. The minimum Gasteiger partial charge on any atom is -0.483 e. The number of aromatic nitrogens is 2. The van der Waals surface area contributed by atoms with Crippen molar-refractivity contribution in [3.8, 4) is 16.9 Å². The summed E-state index contributed by atoms with van der Waals surface area (Å²) in [5.74, 6) is 0.323. The quantitative estimate of drug-likeness (QED) is 0.621. The van der Waals surface area contributed by atoms with Crippen molar-refractivity contribution in [3.05, 3.63) is 30.1 Å². The number of nitrogens with zero attached hydrogens (tertiary/aromatic N) is 4. The molecule has 0 radical (unpaired) electrons. The van der Waals surface area contributed by atoms with Crippen molar-refractivity contribution in [3.63, 3.8) is 0 Å². The monoisotopic (exact) mass is 462 g/mol. The molecule has 174 valence electrons. The largest absolute Gasteiger partial charge is 0.483 e. The highest BCUT2D eigenvalue weighted by atomic mass is 32.2. The Kier molecular flexibility index (Phi) is 6.92. The molecule has 9 nitrogen and oxygen atoms in total. The molecule has 1 aromatic heterocycles. The zero-order valence-electron chi connectivity index (χ0n) is 19.2. The molecule has 0 saturated heterocycles. The molecule has 0 spiro atoms. The summed E-state index contributed by atoms with van der Waals surface area (Å²) in [6, 6.07) is 3.83. The lowest BCUT2D eigenvalue weighted by Gasteiger charge is -2.36. The lowest BCUT2D eigenvalue weighted by Crippen LogP contribution is -2.41. The second-order valence-electron chi connectivity index (χ2n) is 8.42. The maximum Gasteiger partial charge on any atom is 0.259 e. The number of fused-ring (bicyclic) bond motifs is 1. The second kappa shape index (κ2) is 9.32. The summed E-state index contributed by atoms with van der Waals surface area (Å²) in [4.78, 5) is 27.7. The average Bonchev–Trinajstić information content (AvgIpc) is 3.17. The molecule has 0 fully saturated rings. The fraction of sp³-hybridized carbons (Fsp3) is 0.500. The first-order chi connectivity index (χ1) is 15.0.